The molecule has 1 aromatic carbocycles. The Morgan fingerprint density at radius 1 is 1.44 bits per heavy atom. The first kappa shape index (κ1) is 12.7. The number of anilines is 1. The highest BCUT2D eigenvalue weighted by Gasteiger charge is 2.14. The van der Waals surface area contributed by atoms with Gasteiger partial charge in [-0.15, -0.1) is 0 Å². The quantitative estimate of drug-likeness (QED) is 0.882. The van der Waals surface area contributed by atoms with Crippen LogP contribution in [-0.2, 0) is 4.74 Å². The van der Waals surface area contributed by atoms with Gasteiger partial charge < -0.3 is 19.8 Å². The molecule has 0 aliphatic heterocycles. The maximum absolute atomic E-state index is 5.97. The van der Waals surface area contributed by atoms with Gasteiger partial charge in [-0.3, -0.25) is 0 Å². The minimum atomic E-state index is 0.141. The molecule has 18 heavy (non-hydrogen) atoms. The van der Waals surface area contributed by atoms with Crippen LogP contribution in [0.2, 0.25) is 0 Å². The Morgan fingerprint density at radius 2 is 2.22 bits per heavy atom. The molecule has 0 fully saturated rings. The number of methoxy groups -OCH3 is 1. The van der Waals surface area contributed by atoms with Gasteiger partial charge in [0.2, 0.25) is 5.95 Å². The van der Waals surface area contributed by atoms with Gasteiger partial charge in [-0.05, 0) is 26.0 Å². The van der Waals surface area contributed by atoms with E-state index in [0.29, 0.717) is 19.2 Å². The van der Waals surface area contributed by atoms with Crippen molar-refractivity contribution < 1.29 is 9.47 Å². The fraction of sp³-hybridized carbons (Fsp3) is 0.462. The summed E-state index contributed by atoms with van der Waals surface area (Å²) in [5, 5.41) is 0. The van der Waals surface area contributed by atoms with Crippen molar-refractivity contribution in [3.63, 3.8) is 0 Å². The van der Waals surface area contributed by atoms with Gasteiger partial charge in [0.15, 0.2) is 0 Å². The van der Waals surface area contributed by atoms with Crippen molar-refractivity contribution in [2.75, 3.05) is 26.1 Å². The number of ether oxygens (including phenoxy) is 2. The van der Waals surface area contributed by atoms with E-state index in [1.807, 2.05) is 29.7 Å². The molecule has 2 rings (SSSR count). The molecular formula is C13H19N3O2. The van der Waals surface area contributed by atoms with Crippen LogP contribution < -0.4 is 10.5 Å². The zero-order chi connectivity index (χ0) is 13.1. The van der Waals surface area contributed by atoms with Crippen LogP contribution in [0.5, 0.6) is 5.75 Å². The summed E-state index contributed by atoms with van der Waals surface area (Å²) >= 11 is 0. The molecule has 0 spiro atoms. The predicted molar refractivity (Wildman–Crippen MR) is 71.9 cm³/mol. The maximum atomic E-state index is 5.97. The monoisotopic (exact) mass is 249 g/mol. The van der Waals surface area contributed by atoms with Crippen LogP contribution in [-0.4, -0.2) is 29.9 Å². The standard InChI is InChI=1S/C13H19N3O2/c1-4-18-8-9(2)16-12-7-10(17-3)5-6-11(12)15-13(16)14/h5-7,9H,4,8H2,1-3H3,(H2,14,15). The number of rotatable bonds is 5. The first-order chi connectivity index (χ1) is 8.67. The zero-order valence-electron chi connectivity index (χ0n) is 11.0. The molecule has 0 saturated heterocycles. The molecule has 0 radical (unpaired) electrons. The van der Waals surface area contributed by atoms with E-state index in [2.05, 4.69) is 11.9 Å². The van der Waals surface area contributed by atoms with E-state index in [1.54, 1.807) is 7.11 Å². The van der Waals surface area contributed by atoms with Crippen molar-refractivity contribution in [3.05, 3.63) is 18.2 Å². The van der Waals surface area contributed by atoms with E-state index in [9.17, 15) is 0 Å². The Balaban J connectivity index is 2.44. The summed E-state index contributed by atoms with van der Waals surface area (Å²) in [5.74, 6) is 1.30. The summed E-state index contributed by atoms with van der Waals surface area (Å²) in [6.07, 6.45) is 0. The lowest BCUT2D eigenvalue weighted by atomic mass is 10.2. The molecule has 5 heteroatoms. The number of fused-ring (bicyclic) bond motifs is 1. The molecule has 98 valence electrons. The van der Waals surface area contributed by atoms with E-state index in [1.165, 1.54) is 0 Å². The highest BCUT2D eigenvalue weighted by atomic mass is 16.5. The Bertz CT molecular complexity index is 536. The average Bonchev–Trinajstić information content (AvgIpc) is 2.70. The number of aromatic nitrogens is 2. The molecule has 0 saturated carbocycles. The summed E-state index contributed by atoms with van der Waals surface area (Å²) in [6, 6.07) is 5.88. The fourth-order valence-electron chi connectivity index (χ4n) is 2.04. The first-order valence-corrected chi connectivity index (χ1v) is 6.06. The second-order valence-electron chi connectivity index (χ2n) is 4.20. The van der Waals surface area contributed by atoms with Gasteiger partial charge in [0.25, 0.3) is 0 Å². The van der Waals surface area contributed by atoms with Crippen LogP contribution in [0.15, 0.2) is 18.2 Å². The number of nitrogen functional groups attached to an aromatic ring is 1. The summed E-state index contributed by atoms with van der Waals surface area (Å²) in [7, 11) is 1.65. The summed E-state index contributed by atoms with van der Waals surface area (Å²) in [6.45, 7) is 5.35. The molecule has 0 aliphatic rings. The lowest BCUT2D eigenvalue weighted by molar-refractivity contribution is 0.120. The molecule has 1 aromatic heterocycles. The van der Waals surface area contributed by atoms with Crippen molar-refractivity contribution in [1.82, 2.24) is 9.55 Å². The maximum Gasteiger partial charge on any atom is 0.201 e. The van der Waals surface area contributed by atoms with E-state index < -0.39 is 0 Å². The molecule has 1 unspecified atom stereocenters. The normalized spacial score (nSPS) is 12.8. The number of imidazole rings is 1. The summed E-state index contributed by atoms with van der Waals surface area (Å²) in [5.41, 5.74) is 7.82. The van der Waals surface area contributed by atoms with Gasteiger partial charge in [0.1, 0.15) is 5.75 Å². The number of hydrogen-bond donors (Lipinski definition) is 1. The molecular weight excluding hydrogens is 230 g/mol. The third-order valence-corrected chi connectivity index (χ3v) is 2.93. The van der Waals surface area contributed by atoms with Gasteiger partial charge in [0, 0.05) is 12.7 Å². The van der Waals surface area contributed by atoms with Gasteiger partial charge in [-0.2, -0.15) is 0 Å². The van der Waals surface area contributed by atoms with Crippen molar-refractivity contribution in [2.24, 2.45) is 0 Å². The number of nitrogens with two attached hydrogens (primary N) is 1. The third-order valence-electron chi connectivity index (χ3n) is 2.93. The molecule has 2 aromatic rings. The second-order valence-corrected chi connectivity index (χ2v) is 4.20. The van der Waals surface area contributed by atoms with E-state index >= 15 is 0 Å². The highest BCUT2D eigenvalue weighted by Crippen LogP contribution is 2.26. The highest BCUT2D eigenvalue weighted by molar-refractivity contribution is 5.80. The minimum Gasteiger partial charge on any atom is -0.497 e. The predicted octanol–water partition coefficient (Wildman–Crippen LogP) is 2.22. The van der Waals surface area contributed by atoms with Gasteiger partial charge in [-0.25, -0.2) is 4.98 Å². The lowest BCUT2D eigenvalue weighted by Crippen LogP contribution is -2.14. The van der Waals surface area contributed by atoms with Gasteiger partial charge in [0.05, 0.1) is 30.8 Å². The van der Waals surface area contributed by atoms with Crippen LogP contribution in [0.25, 0.3) is 11.0 Å². The van der Waals surface area contributed by atoms with Crippen LogP contribution in [0.3, 0.4) is 0 Å². The topological polar surface area (TPSA) is 62.3 Å². The SMILES string of the molecule is CCOCC(C)n1c(N)nc2ccc(OC)cc21. The largest absolute Gasteiger partial charge is 0.497 e. The molecule has 0 aliphatic carbocycles. The van der Waals surface area contributed by atoms with Crippen molar-refractivity contribution in [3.8, 4) is 5.75 Å². The molecule has 2 N–H and O–H groups in total. The number of nitrogens with zero attached hydrogens (tertiary/aromatic N) is 2. The number of benzene rings is 1. The second kappa shape index (κ2) is 5.27. The molecule has 5 nitrogen and oxygen atoms in total. The molecule has 0 bridgehead atoms. The van der Waals surface area contributed by atoms with E-state index in [-0.39, 0.29) is 6.04 Å². The smallest absolute Gasteiger partial charge is 0.201 e. The lowest BCUT2D eigenvalue weighted by Gasteiger charge is -2.15. The Hall–Kier alpha value is -1.75. The average molecular weight is 249 g/mol. The van der Waals surface area contributed by atoms with Crippen LogP contribution in [0, 0.1) is 0 Å². The summed E-state index contributed by atoms with van der Waals surface area (Å²) < 4.78 is 12.7. The van der Waals surface area contributed by atoms with Crippen LogP contribution in [0.4, 0.5) is 5.95 Å². The summed E-state index contributed by atoms with van der Waals surface area (Å²) in [4.78, 5) is 4.35. The fourth-order valence-corrected chi connectivity index (χ4v) is 2.04. The minimum absolute atomic E-state index is 0.141. The zero-order valence-corrected chi connectivity index (χ0v) is 11.0. The van der Waals surface area contributed by atoms with E-state index in [4.69, 9.17) is 15.2 Å². The Morgan fingerprint density at radius 3 is 2.89 bits per heavy atom. The van der Waals surface area contributed by atoms with Crippen LogP contribution >= 0.6 is 0 Å². The molecule has 1 heterocycles. The molecule has 1 atom stereocenters. The Kier molecular flexibility index (Phi) is 3.72. The third kappa shape index (κ3) is 2.26. The van der Waals surface area contributed by atoms with Crippen LogP contribution in [0.1, 0.15) is 19.9 Å². The number of hydrogen-bond acceptors (Lipinski definition) is 4. The van der Waals surface area contributed by atoms with Crippen molar-refractivity contribution >= 4 is 17.0 Å². The first-order valence-electron chi connectivity index (χ1n) is 6.06. The van der Waals surface area contributed by atoms with Crippen molar-refractivity contribution in [1.29, 1.82) is 0 Å². The molecule has 0 amide bonds. The van der Waals surface area contributed by atoms with Gasteiger partial charge in [-0.1, -0.05) is 0 Å². The van der Waals surface area contributed by atoms with Crippen molar-refractivity contribution in [2.45, 2.75) is 19.9 Å². The van der Waals surface area contributed by atoms with Gasteiger partial charge >= 0.3 is 0 Å². The van der Waals surface area contributed by atoms with E-state index in [0.717, 1.165) is 16.8 Å². The Labute approximate surface area is 107 Å².